The van der Waals surface area contributed by atoms with Gasteiger partial charge < -0.3 is 0 Å². The lowest BCUT2D eigenvalue weighted by molar-refractivity contribution is -0.121. The van der Waals surface area contributed by atoms with Crippen LogP contribution < -0.4 is 4.90 Å². The van der Waals surface area contributed by atoms with Gasteiger partial charge in [-0.25, -0.2) is 4.98 Å². The van der Waals surface area contributed by atoms with Crippen LogP contribution in [0, 0.1) is 0 Å². The smallest absolute Gasteiger partial charge is 0.234 e. The van der Waals surface area contributed by atoms with Crippen LogP contribution in [-0.2, 0) is 9.59 Å². The van der Waals surface area contributed by atoms with E-state index in [0.717, 1.165) is 10.2 Å². The second-order valence-electron chi connectivity index (χ2n) is 3.77. The average molecular weight is 264 g/mol. The summed E-state index contributed by atoms with van der Waals surface area (Å²) in [7, 11) is 0. The van der Waals surface area contributed by atoms with E-state index in [-0.39, 0.29) is 11.8 Å². The highest BCUT2D eigenvalue weighted by Gasteiger charge is 2.30. The molecule has 4 nitrogen and oxygen atoms in total. The number of nitrogens with zero attached hydrogens (tertiary/aromatic N) is 2. The quantitative estimate of drug-likeness (QED) is 0.635. The van der Waals surface area contributed by atoms with Gasteiger partial charge in [0.25, 0.3) is 0 Å². The first-order chi connectivity index (χ1) is 8.15. The van der Waals surface area contributed by atoms with Crippen LogP contribution in [0.4, 0.5) is 5.69 Å². The molecule has 1 aromatic heterocycles. The second kappa shape index (κ2) is 3.82. The van der Waals surface area contributed by atoms with Gasteiger partial charge in [-0.05, 0) is 18.2 Å². The third kappa shape index (κ3) is 1.73. The lowest BCUT2D eigenvalue weighted by atomic mass is 10.2. The molecule has 0 N–H and O–H groups in total. The molecule has 0 aliphatic carbocycles. The Bertz CT molecular complexity index is 619. The third-order valence-electron chi connectivity index (χ3n) is 2.67. The van der Waals surface area contributed by atoms with Crippen LogP contribution in [0.5, 0.6) is 0 Å². The monoisotopic (exact) mass is 264 g/mol. The summed E-state index contributed by atoms with van der Waals surface area (Å²) in [6.07, 6.45) is 0.595. The zero-order valence-corrected chi connectivity index (χ0v) is 10.4. The van der Waals surface area contributed by atoms with E-state index in [9.17, 15) is 9.59 Å². The van der Waals surface area contributed by atoms with Gasteiger partial charge in [0.2, 0.25) is 11.8 Å². The summed E-state index contributed by atoms with van der Waals surface area (Å²) in [5.41, 5.74) is 1.37. The molecule has 0 saturated carbocycles. The van der Waals surface area contributed by atoms with Crippen LogP contribution in [-0.4, -0.2) is 16.8 Å². The van der Waals surface area contributed by atoms with Crippen LogP contribution in [0.15, 0.2) is 22.5 Å². The second-order valence-corrected chi connectivity index (χ2v) is 5.53. The molecule has 1 aliphatic rings. The van der Waals surface area contributed by atoms with E-state index in [0.29, 0.717) is 22.9 Å². The molecule has 86 valence electrons. The number of anilines is 1. The number of hydrogen-bond donors (Lipinski definition) is 1. The van der Waals surface area contributed by atoms with Gasteiger partial charge in [0.05, 0.1) is 15.9 Å². The van der Waals surface area contributed by atoms with Gasteiger partial charge in [-0.2, -0.15) is 0 Å². The Labute approximate surface area is 107 Å². The lowest BCUT2D eigenvalue weighted by Crippen LogP contribution is -2.28. The van der Waals surface area contributed by atoms with Crippen molar-refractivity contribution in [1.82, 2.24) is 4.98 Å². The molecule has 1 aromatic carbocycles. The minimum atomic E-state index is -0.143. The van der Waals surface area contributed by atoms with Gasteiger partial charge in [0.1, 0.15) is 4.34 Å². The number of imide groups is 1. The average Bonchev–Trinajstić information content (AvgIpc) is 2.80. The Morgan fingerprint density at radius 1 is 1.24 bits per heavy atom. The van der Waals surface area contributed by atoms with Gasteiger partial charge in [0.15, 0.2) is 0 Å². The summed E-state index contributed by atoms with van der Waals surface area (Å²) in [6.45, 7) is 0. The number of thiol groups is 1. The molecule has 0 unspecified atom stereocenters. The van der Waals surface area contributed by atoms with Crippen molar-refractivity contribution in [2.75, 3.05) is 4.90 Å². The maximum absolute atomic E-state index is 11.6. The fourth-order valence-corrected chi connectivity index (χ4v) is 3.00. The summed E-state index contributed by atoms with van der Waals surface area (Å²) in [5.74, 6) is -0.286. The number of thiazole rings is 1. The van der Waals surface area contributed by atoms with Crippen molar-refractivity contribution in [1.29, 1.82) is 0 Å². The molecule has 1 fully saturated rings. The van der Waals surface area contributed by atoms with Gasteiger partial charge in [0, 0.05) is 12.8 Å². The van der Waals surface area contributed by atoms with E-state index in [1.54, 1.807) is 12.1 Å². The summed E-state index contributed by atoms with van der Waals surface area (Å²) in [6, 6.07) is 5.39. The predicted molar refractivity (Wildman–Crippen MR) is 68.6 cm³/mol. The van der Waals surface area contributed by atoms with Crippen LogP contribution in [0.1, 0.15) is 12.8 Å². The first kappa shape index (κ1) is 10.7. The topological polar surface area (TPSA) is 50.3 Å². The number of benzene rings is 1. The maximum atomic E-state index is 11.6. The number of carbonyl (C=O) groups excluding carboxylic acids is 2. The van der Waals surface area contributed by atoms with Gasteiger partial charge in [-0.15, -0.1) is 24.0 Å². The first-order valence-corrected chi connectivity index (χ1v) is 6.37. The SMILES string of the molecule is O=C1CCC(=O)N1c1ccc2sc(S)nc2c1. The van der Waals surface area contributed by atoms with Crippen LogP contribution in [0.2, 0.25) is 0 Å². The van der Waals surface area contributed by atoms with Crippen molar-refractivity contribution >= 4 is 51.7 Å². The number of amides is 2. The van der Waals surface area contributed by atoms with Crippen LogP contribution >= 0.6 is 24.0 Å². The fraction of sp³-hybridized carbons (Fsp3) is 0.182. The Hall–Kier alpha value is -1.40. The van der Waals surface area contributed by atoms with E-state index >= 15 is 0 Å². The van der Waals surface area contributed by atoms with Crippen molar-refractivity contribution < 1.29 is 9.59 Å². The van der Waals surface area contributed by atoms with E-state index < -0.39 is 0 Å². The maximum Gasteiger partial charge on any atom is 0.234 e. The number of fused-ring (bicyclic) bond motifs is 1. The Balaban J connectivity index is 2.11. The zero-order chi connectivity index (χ0) is 12.0. The predicted octanol–water partition coefficient (Wildman–Crippen LogP) is 2.24. The first-order valence-electron chi connectivity index (χ1n) is 5.10. The molecule has 1 saturated heterocycles. The van der Waals surface area contributed by atoms with E-state index in [1.165, 1.54) is 16.2 Å². The molecule has 2 aromatic rings. The molecule has 2 amide bonds. The lowest BCUT2D eigenvalue weighted by Gasteiger charge is -2.13. The Morgan fingerprint density at radius 2 is 1.94 bits per heavy atom. The normalized spacial score (nSPS) is 16.2. The highest BCUT2D eigenvalue weighted by Crippen LogP contribution is 2.30. The molecular weight excluding hydrogens is 256 g/mol. The molecule has 0 atom stereocenters. The summed E-state index contributed by atoms with van der Waals surface area (Å²) >= 11 is 5.65. The van der Waals surface area contributed by atoms with Crippen molar-refractivity contribution in [2.24, 2.45) is 0 Å². The fourth-order valence-electron chi connectivity index (χ4n) is 1.91. The molecule has 17 heavy (non-hydrogen) atoms. The molecule has 0 radical (unpaired) electrons. The molecule has 0 bridgehead atoms. The van der Waals surface area contributed by atoms with Crippen LogP contribution in [0.3, 0.4) is 0 Å². The van der Waals surface area contributed by atoms with E-state index in [2.05, 4.69) is 17.6 Å². The summed E-state index contributed by atoms with van der Waals surface area (Å²) < 4.78 is 1.68. The zero-order valence-electron chi connectivity index (χ0n) is 8.71. The van der Waals surface area contributed by atoms with Gasteiger partial charge >= 0.3 is 0 Å². The minimum absolute atomic E-state index is 0.143. The molecule has 6 heteroatoms. The third-order valence-corrected chi connectivity index (χ3v) is 3.88. The largest absolute Gasteiger partial charge is 0.274 e. The van der Waals surface area contributed by atoms with Gasteiger partial charge in [-0.1, -0.05) is 0 Å². The molecule has 0 spiro atoms. The molecule has 3 rings (SSSR count). The summed E-state index contributed by atoms with van der Waals surface area (Å²) in [4.78, 5) is 28.7. The minimum Gasteiger partial charge on any atom is -0.274 e. The van der Waals surface area contributed by atoms with Gasteiger partial charge in [-0.3, -0.25) is 14.5 Å². The summed E-state index contributed by atoms with van der Waals surface area (Å²) in [5, 5.41) is 0. The highest BCUT2D eigenvalue weighted by atomic mass is 32.2. The Morgan fingerprint density at radius 3 is 2.65 bits per heavy atom. The van der Waals surface area contributed by atoms with E-state index in [1.807, 2.05) is 6.07 Å². The molecular formula is C11H8N2O2S2. The van der Waals surface area contributed by atoms with Crippen LogP contribution in [0.25, 0.3) is 10.2 Å². The number of hydrogen-bond acceptors (Lipinski definition) is 5. The highest BCUT2D eigenvalue weighted by molar-refractivity contribution is 7.82. The van der Waals surface area contributed by atoms with Crippen molar-refractivity contribution in [2.45, 2.75) is 17.2 Å². The van der Waals surface area contributed by atoms with Crippen molar-refractivity contribution in [3.05, 3.63) is 18.2 Å². The van der Waals surface area contributed by atoms with Crippen molar-refractivity contribution in [3.8, 4) is 0 Å². The van der Waals surface area contributed by atoms with E-state index in [4.69, 9.17) is 0 Å². The molecule has 1 aliphatic heterocycles. The standard InChI is InChI=1S/C11H8N2O2S2/c14-9-3-4-10(15)13(9)6-1-2-8-7(5-6)12-11(16)17-8/h1-2,5H,3-4H2,(H,12,16). The number of aromatic nitrogens is 1. The Kier molecular flexibility index (Phi) is 2.41. The number of carbonyl (C=O) groups is 2. The number of rotatable bonds is 1. The van der Waals surface area contributed by atoms with Crippen molar-refractivity contribution in [3.63, 3.8) is 0 Å². The molecule has 2 heterocycles.